The number of nitrogens with zero attached hydrogens (tertiary/aromatic N) is 4. The molecule has 6 aromatic rings. The van der Waals surface area contributed by atoms with Crippen molar-refractivity contribution in [1.29, 1.82) is 0 Å². The Kier molecular flexibility index (Phi) is 5.11. The van der Waals surface area contributed by atoms with Crippen LogP contribution in [-0.2, 0) is 7.05 Å². The number of imidazole rings is 1. The Labute approximate surface area is 203 Å². The van der Waals surface area contributed by atoms with Crippen LogP contribution in [0.1, 0.15) is 5.56 Å². The third-order valence-electron chi connectivity index (χ3n) is 6.15. The minimum atomic E-state index is 0.917. The summed E-state index contributed by atoms with van der Waals surface area (Å²) in [6.07, 6.45) is 5.39. The highest BCUT2D eigenvalue weighted by atomic mass is 15.1. The van der Waals surface area contributed by atoms with E-state index in [0.29, 0.717) is 0 Å². The molecule has 0 saturated carbocycles. The zero-order valence-corrected chi connectivity index (χ0v) is 19.5. The number of rotatable bonds is 5. The quantitative estimate of drug-likeness (QED) is 0.293. The molecule has 0 saturated heterocycles. The molecule has 0 bridgehead atoms. The van der Waals surface area contributed by atoms with Crippen molar-refractivity contribution >= 4 is 44.7 Å². The maximum absolute atomic E-state index is 4.93. The van der Waals surface area contributed by atoms with E-state index in [9.17, 15) is 0 Å². The number of fused-ring (bicyclic) bond motifs is 2. The highest BCUT2D eigenvalue weighted by Gasteiger charge is 2.12. The summed E-state index contributed by atoms with van der Waals surface area (Å²) in [6, 6.07) is 26.8. The normalized spacial score (nSPS) is 11.1. The Balaban J connectivity index is 1.34. The molecule has 0 amide bonds. The fraction of sp³-hybridized carbons (Fsp3) is 0.0690. The van der Waals surface area contributed by atoms with Crippen LogP contribution in [-0.4, -0.2) is 19.5 Å². The van der Waals surface area contributed by atoms with Crippen molar-refractivity contribution in [1.82, 2.24) is 19.5 Å². The lowest BCUT2D eigenvalue weighted by Crippen LogP contribution is -1.96. The van der Waals surface area contributed by atoms with Crippen molar-refractivity contribution < 1.29 is 0 Å². The third-order valence-corrected chi connectivity index (χ3v) is 6.15. The predicted octanol–water partition coefficient (Wildman–Crippen LogP) is 6.98. The van der Waals surface area contributed by atoms with Crippen molar-refractivity contribution in [3.05, 3.63) is 103 Å². The zero-order chi connectivity index (χ0) is 23.8. The van der Waals surface area contributed by atoms with Gasteiger partial charge in [-0.1, -0.05) is 23.8 Å². The van der Waals surface area contributed by atoms with Gasteiger partial charge in [0.2, 0.25) is 0 Å². The molecule has 6 rings (SSSR count). The first kappa shape index (κ1) is 20.9. The summed E-state index contributed by atoms with van der Waals surface area (Å²) in [5, 5.41) is 8.12. The Morgan fingerprint density at radius 1 is 0.714 bits per heavy atom. The molecule has 3 aromatic heterocycles. The summed E-state index contributed by atoms with van der Waals surface area (Å²) in [4.78, 5) is 13.5. The fourth-order valence-electron chi connectivity index (χ4n) is 4.39. The summed E-state index contributed by atoms with van der Waals surface area (Å²) < 4.78 is 2.14. The van der Waals surface area contributed by atoms with Crippen LogP contribution in [0, 0.1) is 6.92 Å². The minimum Gasteiger partial charge on any atom is -0.355 e. The van der Waals surface area contributed by atoms with Gasteiger partial charge in [-0.05, 0) is 67.6 Å². The van der Waals surface area contributed by atoms with Crippen LogP contribution < -0.4 is 10.6 Å². The molecule has 170 valence electrons. The predicted molar refractivity (Wildman–Crippen MR) is 143 cm³/mol. The second kappa shape index (κ2) is 8.57. The SMILES string of the molecule is Cc1ccc2nccc(Nc3ccc4nc(-c5cccc(Nc6ccncc6)c5)n(C)c4c3)c2c1. The number of aryl methyl sites for hydroxylation is 2. The Morgan fingerprint density at radius 3 is 2.43 bits per heavy atom. The second-order valence-corrected chi connectivity index (χ2v) is 8.64. The summed E-state index contributed by atoms with van der Waals surface area (Å²) in [6.45, 7) is 2.10. The van der Waals surface area contributed by atoms with Gasteiger partial charge in [-0.15, -0.1) is 0 Å². The largest absolute Gasteiger partial charge is 0.355 e. The zero-order valence-electron chi connectivity index (χ0n) is 19.5. The molecule has 0 aliphatic heterocycles. The highest BCUT2D eigenvalue weighted by molar-refractivity contribution is 5.94. The number of hydrogen-bond donors (Lipinski definition) is 2. The van der Waals surface area contributed by atoms with Crippen LogP contribution in [0.15, 0.2) is 97.5 Å². The van der Waals surface area contributed by atoms with Crippen molar-refractivity contribution in [3.63, 3.8) is 0 Å². The van der Waals surface area contributed by atoms with E-state index < -0.39 is 0 Å². The lowest BCUT2D eigenvalue weighted by molar-refractivity contribution is 0.959. The third kappa shape index (κ3) is 4.06. The van der Waals surface area contributed by atoms with E-state index in [-0.39, 0.29) is 0 Å². The fourth-order valence-corrected chi connectivity index (χ4v) is 4.39. The van der Waals surface area contributed by atoms with Gasteiger partial charge in [0.25, 0.3) is 0 Å². The Morgan fingerprint density at radius 2 is 1.54 bits per heavy atom. The monoisotopic (exact) mass is 456 g/mol. The maximum atomic E-state index is 4.93. The van der Waals surface area contributed by atoms with Crippen LogP contribution in [0.25, 0.3) is 33.3 Å². The highest BCUT2D eigenvalue weighted by Crippen LogP contribution is 2.31. The van der Waals surface area contributed by atoms with Gasteiger partial charge in [-0.25, -0.2) is 4.98 Å². The number of hydrogen-bond acceptors (Lipinski definition) is 5. The molecule has 0 atom stereocenters. The van der Waals surface area contributed by atoms with Crippen LogP contribution in [0.2, 0.25) is 0 Å². The summed E-state index contributed by atoms with van der Waals surface area (Å²) in [5.74, 6) is 0.917. The average Bonchev–Trinajstić information content (AvgIpc) is 3.21. The van der Waals surface area contributed by atoms with Crippen molar-refractivity contribution in [2.75, 3.05) is 10.6 Å². The standard InChI is InChI=1S/C29H24N6/c1-19-6-8-25-24(16-19)26(12-15-31-25)33-23-7-9-27-28(18-23)35(2)29(34-27)20-4-3-5-22(17-20)32-21-10-13-30-14-11-21/h3-18H,1-2H3,(H,30,32)(H,31,33). The first-order chi connectivity index (χ1) is 17.1. The van der Waals surface area contributed by atoms with E-state index in [0.717, 1.165) is 56.1 Å². The van der Waals surface area contributed by atoms with Gasteiger partial charge in [0.15, 0.2) is 0 Å². The topological polar surface area (TPSA) is 67.7 Å². The van der Waals surface area contributed by atoms with Gasteiger partial charge in [0.1, 0.15) is 5.82 Å². The first-order valence-electron chi connectivity index (χ1n) is 11.5. The van der Waals surface area contributed by atoms with Crippen LogP contribution in [0.4, 0.5) is 22.7 Å². The van der Waals surface area contributed by atoms with E-state index in [1.54, 1.807) is 12.4 Å². The number of aromatic nitrogens is 4. The molecule has 0 fully saturated rings. The van der Waals surface area contributed by atoms with E-state index in [2.05, 4.69) is 93.7 Å². The molecule has 3 aromatic carbocycles. The molecule has 35 heavy (non-hydrogen) atoms. The second-order valence-electron chi connectivity index (χ2n) is 8.64. The molecule has 0 radical (unpaired) electrons. The Bertz CT molecular complexity index is 1670. The maximum Gasteiger partial charge on any atom is 0.140 e. The average molecular weight is 457 g/mol. The molecule has 2 N–H and O–H groups in total. The summed E-state index contributed by atoms with van der Waals surface area (Å²) in [7, 11) is 2.06. The Hall–Kier alpha value is -4.71. The first-order valence-corrected chi connectivity index (χ1v) is 11.5. The number of pyridine rings is 2. The van der Waals surface area contributed by atoms with E-state index in [4.69, 9.17) is 4.98 Å². The van der Waals surface area contributed by atoms with Gasteiger partial charge in [0.05, 0.1) is 16.6 Å². The summed E-state index contributed by atoms with van der Waals surface area (Å²) in [5.41, 5.74) is 9.30. The van der Waals surface area contributed by atoms with Gasteiger partial charge >= 0.3 is 0 Å². The number of anilines is 4. The van der Waals surface area contributed by atoms with Crippen molar-refractivity contribution in [2.24, 2.45) is 7.05 Å². The van der Waals surface area contributed by atoms with Crippen LogP contribution in [0.3, 0.4) is 0 Å². The molecule has 3 heterocycles. The molecule has 0 aliphatic carbocycles. The van der Waals surface area contributed by atoms with Gasteiger partial charge in [0, 0.05) is 59.3 Å². The van der Waals surface area contributed by atoms with Crippen molar-refractivity contribution in [3.8, 4) is 11.4 Å². The van der Waals surface area contributed by atoms with Crippen LogP contribution >= 0.6 is 0 Å². The van der Waals surface area contributed by atoms with Crippen molar-refractivity contribution in [2.45, 2.75) is 6.92 Å². The lowest BCUT2D eigenvalue weighted by Gasteiger charge is -2.11. The van der Waals surface area contributed by atoms with E-state index in [1.165, 1.54) is 5.56 Å². The molecule has 0 unspecified atom stereocenters. The molecule has 6 nitrogen and oxygen atoms in total. The molecular weight excluding hydrogens is 432 g/mol. The van der Waals surface area contributed by atoms with E-state index >= 15 is 0 Å². The van der Waals surface area contributed by atoms with Gasteiger partial charge in [-0.3, -0.25) is 9.97 Å². The van der Waals surface area contributed by atoms with Crippen LogP contribution in [0.5, 0.6) is 0 Å². The van der Waals surface area contributed by atoms with E-state index in [1.807, 2.05) is 30.5 Å². The summed E-state index contributed by atoms with van der Waals surface area (Å²) >= 11 is 0. The van der Waals surface area contributed by atoms with Gasteiger partial charge in [-0.2, -0.15) is 0 Å². The molecular formula is C29H24N6. The number of nitrogens with one attached hydrogen (secondary N) is 2. The minimum absolute atomic E-state index is 0.917. The smallest absolute Gasteiger partial charge is 0.140 e. The van der Waals surface area contributed by atoms with Gasteiger partial charge < -0.3 is 15.2 Å². The number of benzene rings is 3. The molecule has 0 aliphatic rings. The molecule has 0 spiro atoms. The lowest BCUT2D eigenvalue weighted by atomic mass is 10.1. The molecule has 6 heteroatoms.